The van der Waals surface area contributed by atoms with Crippen molar-refractivity contribution in [3.8, 4) is 0 Å². The van der Waals surface area contributed by atoms with Crippen molar-refractivity contribution in [2.45, 2.75) is 18.5 Å². The van der Waals surface area contributed by atoms with Crippen molar-refractivity contribution in [3.05, 3.63) is 58.3 Å². The number of nitrogens with zero attached hydrogens (tertiary/aromatic N) is 2. The zero-order valence-corrected chi connectivity index (χ0v) is 17.4. The monoisotopic (exact) mass is 422 g/mol. The highest BCUT2D eigenvalue weighted by atomic mass is 32.1. The molecule has 3 aliphatic heterocycles. The normalized spacial score (nSPS) is 26.7. The van der Waals surface area contributed by atoms with Crippen LogP contribution in [0.1, 0.15) is 21.7 Å². The average Bonchev–Trinajstić information content (AvgIpc) is 3.46. The molecular weight excluding hydrogens is 400 g/mol. The number of ketones is 1. The molecular formula is C23H22N2O4S. The molecule has 0 unspecified atom stereocenters. The second kappa shape index (κ2) is 7.49. The third-order valence-corrected chi connectivity index (χ3v) is 7.15. The Kier molecular flexibility index (Phi) is 4.79. The zero-order valence-electron chi connectivity index (χ0n) is 16.6. The quantitative estimate of drug-likeness (QED) is 0.407. The van der Waals surface area contributed by atoms with E-state index >= 15 is 0 Å². The maximum atomic E-state index is 13.6. The number of hydrogen-bond donors (Lipinski definition) is 0. The lowest BCUT2D eigenvalue weighted by Gasteiger charge is -2.36. The maximum absolute atomic E-state index is 13.6. The van der Waals surface area contributed by atoms with Crippen LogP contribution in [-0.4, -0.2) is 54.8 Å². The predicted octanol–water partition coefficient (Wildman–Crippen LogP) is 2.85. The summed E-state index contributed by atoms with van der Waals surface area (Å²) >= 11 is 1.37. The predicted molar refractivity (Wildman–Crippen MR) is 114 cm³/mol. The number of ether oxygens (including phenoxy) is 1. The summed E-state index contributed by atoms with van der Waals surface area (Å²) < 4.78 is 5.08. The molecule has 0 N–H and O–H groups in total. The standard InChI is InChI=1S/C23H22N2O4S/c1-29-12-5-11-24-22(27)18-16-10-9-14-6-2-3-7-15(14)25(16)20(19(18)23(24)28)21(26)17-8-4-13-30-17/h2-4,6-10,13,16,18-20H,5,11-12H2,1H3/t16-,18-,19-,20-/m0/s1. The number of carbonyl (C=O) groups is 3. The minimum atomic E-state index is -0.686. The molecule has 4 atom stereocenters. The molecule has 4 heterocycles. The first-order chi connectivity index (χ1) is 14.6. The van der Waals surface area contributed by atoms with E-state index in [1.807, 2.05) is 52.8 Å². The lowest BCUT2D eigenvalue weighted by Crippen LogP contribution is -2.48. The van der Waals surface area contributed by atoms with Gasteiger partial charge in [-0.05, 0) is 29.5 Å². The van der Waals surface area contributed by atoms with Gasteiger partial charge in [0.25, 0.3) is 0 Å². The van der Waals surface area contributed by atoms with Crippen LogP contribution in [0, 0.1) is 11.8 Å². The van der Waals surface area contributed by atoms with Gasteiger partial charge in [0.05, 0.1) is 22.8 Å². The van der Waals surface area contributed by atoms with Crippen LogP contribution in [0.2, 0.25) is 0 Å². The second-order valence-corrected chi connectivity index (χ2v) is 8.78. The fraction of sp³-hybridized carbons (Fsp3) is 0.348. The highest BCUT2D eigenvalue weighted by Crippen LogP contribution is 2.49. The van der Waals surface area contributed by atoms with E-state index < -0.39 is 17.9 Å². The topological polar surface area (TPSA) is 66.9 Å². The summed E-state index contributed by atoms with van der Waals surface area (Å²) in [5, 5.41) is 1.86. The lowest BCUT2D eigenvalue weighted by atomic mass is 9.87. The van der Waals surface area contributed by atoms with Gasteiger partial charge in [0.2, 0.25) is 11.8 Å². The molecule has 5 rings (SSSR count). The molecule has 2 aromatic rings. The largest absolute Gasteiger partial charge is 0.385 e. The number of para-hydroxylation sites is 1. The Bertz CT molecular complexity index is 1030. The van der Waals surface area contributed by atoms with Gasteiger partial charge in [-0.25, -0.2) is 0 Å². The van der Waals surface area contributed by atoms with E-state index in [0.29, 0.717) is 24.4 Å². The highest BCUT2D eigenvalue weighted by molar-refractivity contribution is 7.12. The van der Waals surface area contributed by atoms with Gasteiger partial charge < -0.3 is 9.64 Å². The Morgan fingerprint density at radius 1 is 1.10 bits per heavy atom. The molecule has 7 heteroatoms. The summed E-state index contributed by atoms with van der Waals surface area (Å²) in [6, 6.07) is 10.5. The van der Waals surface area contributed by atoms with E-state index in [2.05, 4.69) is 0 Å². The SMILES string of the molecule is COCCCN1C(=O)[C@@H]2[C@H](C1=O)[C@@H](C(=O)c1cccs1)N1c3ccccc3C=C[C@@H]21. The highest BCUT2D eigenvalue weighted by Gasteiger charge is 2.63. The van der Waals surface area contributed by atoms with E-state index in [0.717, 1.165) is 11.3 Å². The van der Waals surface area contributed by atoms with Crippen LogP contribution in [0.3, 0.4) is 0 Å². The molecule has 2 amide bonds. The molecule has 6 nitrogen and oxygen atoms in total. The van der Waals surface area contributed by atoms with E-state index in [4.69, 9.17) is 4.74 Å². The molecule has 2 fully saturated rings. The van der Waals surface area contributed by atoms with Crippen LogP contribution in [0.4, 0.5) is 5.69 Å². The number of Topliss-reactive ketones (excluding diaryl/α,β-unsaturated/α-hetero) is 1. The van der Waals surface area contributed by atoms with Gasteiger partial charge in [0.15, 0.2) is 5.78 Å². The molecule has 154 valence electrons. The Labute approximate surface area is 178 Å². The van der Waals surface area contributed by atoms with Crippen LogP contribution in [-0.2, 0) is 14.3 Å². The number of hydrogen-bond acceptors (Lipinski definition) is 6. The zero-order chi connectivity index (χ0) is 20.8. The lowest BCUT2D eigenvalue weighted by molar-refractivity contribution is -0.140. The number of fused-ring (bicyclic) bond motifs is 5. The van der Waals surface area contributed by atoms with Gasteiger partial charge in [-0.3, -0.25) is 19.3 Å². The molecule has 0 aliphatic carbocycles. The fourth-order valence-corrected chi connectivity index (χ4v) is 5.72. The Morgan fingerprint density at radius 2 is 1.90 bits per heavy atom. The van der Waals surface area contributed by atoms with E-state index in [-0.39, 0.29) is 23.6 Å². The third-order valence-electron chi connectivity index (χ3n) is 6.27. The fourth-order valence-electron chi connectivity index (χ4n) is 5.03. The summed E-state index contributed by atoms with van der Waals surface area (Å²) in [5.41, 5.74) is 1.90. The van der Waals surface area contributed by atoms with Crippen molar-refractivity contribution in [1.82, 2.24) is 4.90 Å². The third kappa shape index (κ3) is 2.76. The van der Waals surface area contributed by atoms with Crippen LogP contribution in [0.5, 0.6) is 0 Å². The van der Waals surface area contributed by atoms with Crippen LogP contribution in [0.25, 0.3) is 6.08 Å². The van der Waals surface area contributed by atoms with E-state index in [1.54, 1.807) is 13.2 Å². The molecule has 0 radical (unpaired) electrons. The molecule has 30 heavy (non-hydrogen) atoms. The van der Waals surface area contributed by atoms with Crippen molar-refractivity contribution in [2.24, 2.45) is 11.8 Å². The summed E-state index contributed by atoms with van der Waals surface area (Å²) in [5.74, 6) is -1.72. The molecule has 2 saturated heterocycles. The molecule has 1 aromatic carbocycles. The first-order valence-corrected chi connectivity index (χ1v) is 11.0. The second-order valence-electron chi connectivity index (χ2n) is 7.83. The van der Waals surface area contributed by atoms with E-state index in [9.17, 15) is 14.4 Å². The number of rotatable bonds is 6. The maximum Gasteiger partial charge on any atom is 0.235 e. The van der Waals surface area contributed by atoms with Crippen molar-refractivity contribution >= 4 is 40.7 Å². The van der Waals surface area contributed by atoms with Gasteiger partial charge in [-0.15, -0.1) is 11.3 Å². The number of amides is 2. The van der Waals surface area contributed by atoms with E-state index in [1.165, 1.54) is 16.2 Å². The summed E-state index contributed by atoms with van der Waals surface area (Å²) in [4.78, 5) is 44.2. The van der Waals surface area contributed by atoms with Crippen molar-refractivity contribution in [2.75, 3.05) is 25.2 Å². The van der Waals surface area contributed by atoms with Gasteiger partial charge in [0, 0.05) is 25.9 Å². The number of carbonyl (C=O) groups excluding carboxylic acids is 3. The molecule has 0 saturated carbocycles. The Morgan fingerprint density at radius 3 is 2.67 bits per heavy atom. The van der Waals surface area contributed by atoms with Gasteiger partial charge >= 0.3 is 0 Å². The van der Waals surface area contributed by atoms with Gasteiger partial charge in [-0.1, -0.05) is 36.4 Å². The minimum absolute atomic E-state index is 0.0903. The number of methoxy groups -OCH3 is 1. The molecule has 3 aliphatic rings. The van der Waals surface area contributed by atoms with Gasteiger partial charge in [0.1, 0.15) is 6.04 Å². The average molecular weight is 423 g/mol. The van der Waals surface area contributed by atoms with Crippen molar-refractivity contribution < 1.29 is 19.1 Å². The number of benzene rings is 1. The summed E-state index contributed by atoms with van der Waals surface area (Å²) in [7, 11) is 1.60. The minimum Gasteiger partial charge on any atom is -0.385 e. The molecule has 0 spiro atoms. The van der Waals surface area contributed by atoms with Crippen molar-refractivity contribution in [1.29, 1.82) is 0 Å². The smallest absolute Gasteiger partial charge is 0.235 e. The Hall–Kier alpha value is -2.77. The van der Waals surface area contributed by atoms with Crippen LogP contribution >= 0.6 is 11.3 Å². The molecule has 1 aromatic heterocycles. The number of imide groups is 1. The first-order valence-electron chi connectivity index (χ1n) is 10.1. The first kappa shape index (κ1) is 19.2. The summed E-state index contributed by atoms with van der Waals surface area (Å²) in [6.07, 6.45) is 4.56. The number of likely N-dealkylation sites (tertiary alicyclic amines) is 1. The van der Waals surface area contributed by atoms with Crippen molar-refractivity contribution in [3.63, 3.8) is 0 Å². The van der Waals surface area contributed by atoms with Crippen LogP contribution in [0.15, 0.2) is 47.9 Å². The summed E-state index contributed by atoms with van der Waals surface area (Å²) in [6.45, 7) is 0.804. The number of thiophene rings is 1. The van der Waals surface area contributed by atoms with Crippen LogP contribution < -0.4 is 4.90 Å². The van der Waals surface area contributed by atoms with Gasteiger partial charge in [-0.2, -0.15) is 0 Å². The number of anilines is 1. The molecule has 0 bridgehead atoms. The Balaban J connectivity index is 1.58.